The third-order valence-corrected chi connectivity index (χ3v) is 14.1. The Labute approximate surface area is 353 Å². The molecule has 0 radical (unpaired) electrons. The number of anilines is 3. The molecule has 4 saturated heterocycles. The van der Waals surface area contributed by atoms with Crippen LogP contribution >= 0.6 is 11.3 Å². The van der Waals surface area contributed by atoms with Crippen molar-refractivity contribution in [3.63, 3.8) is 0 Å². The number of amides is 4. The number of alkyl halides is 2. The van der Waals surface area contributed by atoms with Crippen molar-refractivity contribution in [2.24, 2.45) is 5.92 Å². The van der Waals surface area contributed by atoms with E-state index in [0.29, 0.717) is 31.0 Å². The van der Waals surface area contributed by atoms with Gasteiger partial charge in [0.2, 0.25) is 17.7 Å². The first-order valence-corrected chi connectivity index (χ1v) is 22.0. The molecule has 16 nitrogen and oxygen atoms in total. The molecule has 5 aliphatic rings. The highest BCUT2D eigenvalue weighted by Gasteiger charge is 2.40. The zero-order chi connectivity index (χ0) is 41.8. The lowest BCUT2D eigenvalue weighted by Gasteiger charge is -2.38. The Morgan fingerprint density at radius 3 is 2.56 bits per heavy atom. The normalized spacial score (nSPS) is 24.9. The van der Waals surface area contributed by atoms with Gasteiger partial charge in [0.1, 0.15) is 11.4 Å². The summed E-state index contributed by atoms with van der Waals surface area (Å²) in [5, 5.41) is 19.7. The van der Waals surface area contributed by atoms with E-state index in [4.69, 9.17) is 9.72 Å². The van der Waals surface area contributed by atoms with E-state index in [1.54, 1.807) is 10.9 Å². The second kappa shape index (κ2) is 16.5. The smallest absolute Gasteiger partial charge is 0.284 e. The lowest BCUT2D eigenvalue weighted by atomic mass is 9.85. The van der Waals surface area contributed by atoms with Gasteiger partial charge in [-0.1, -0.05) is 12.1 Å². The molecule has 5 fully saturated rings. The van der Waals surface area contributed by atoms with E-state index in [9.17, 15) is 28.0 Å². The van der Waals surface area contributed by atoms with Crippen LogP contribution < -0.4 is 20.9 Å². The van der Waals surface area contributed by atoms with Gasteiger partial charge in [0, 0.05) is 58.1 Å². The van der Waals surface area contributed by atoms with E-state index < -0.39 is 18.0 Å². The highest BCUT2D eigenvalue weighted by molar-refractivity contribution is 7.18. The minimum atomic E-state index is -2.87. The van der Waals surface area contributed by atoms with Gasteiger partial charge in [-0.3, -0.25) is 34.1 Å². The van der Waals surface area contributed by atoms with Crippen LogP contribution in [0.5, 0.6) is 0 Å². The first-order chi connectivity index (χ1) is 29.6. The molecule has 1 saturated carbocycles. The number of carbonyl (C=O) groups excluding carboxylic acids is 4. The first kappa shape index (κ1) is 39.7. The van der Waals surface area contributed by atoms with Crippen LogP contribution in [-0.2, 0) is 19.1 Å². The highest BCUT2D eigenvalue weighted by atomic mass is 32.1. The third-order valence-electron chi connectivity index (χ3n) is 13.1. The van der Waals surface area contributed by atoms with Gasteiger partial charge in [-0.2, -0.15) is 10.2 Å². The number of piperidine rings is 1. The minimum Gasteiger partial charge on any atom is -0.374 e. The number of halogens is 2. The minimum absolute atomic E-state index is 0.0133. The number of hydrogen-bond acceptors (Lipinski definition) is 12. The van der Waals surface area contributed by atoms with Gasteiger partial charge < -0.3 is 25.2 Å². The number of nitrogens with zero attached hydrogens (tertiary/aromatic N) is 8. The predicted molar refractivity (Wildman–Crippen MR) is 223 cm³/mol. The van der Waals surface area contributed by atoms with Crippen molar-refractivity contribution in [2.45, 2.75) is 75.5 Å². The van der Waals surface area contributed by atoms with Crippen LogP contribution in [-0.4, -0.2) is 122 Å². The number of hydrogen-bond donors (Lipinski definition) is 3. The third kappa shape index (κ3) is 7.99. The van der Waals surface area contributed by atoms with Crippen molar-refractivity contribution < 1.29 is 32.7 Å². The average Bonchev–Trinajstić information content (AvgIpc) is 4.11. The monoisotopic (exact) mass is 855 g/mol. The Kier molecular flexibility index (Phi) is 10.7. The molecule has 4 aliphatic heterocycles. The fourth-order valence-corrected chi connectivity index (χ4v) is 10.9. The summed E-state index contributed by atoms with van der Waals surface area (Å²) in [6.45, 7) is 5.83. The summed E-state index contributed by atoms with van der Waals surface area (Å²) in [7, 11) is 0. The fraction of sp³-hybridized carbons (Fsp3) is 0.500. The maximum absolute atomic E-state index is 14.3. The highest BCUT2D eigenvalue weighted by Crippen LogP contribution is 2.39. The van der Waals surface area contributed by atoms with Gasteiger partial charge in [-0.25, -0.2) is 18.3 Å². The van der Waals surface area contributed by atoms with Crippen LogP contribution in [0.4, 0.5) is 26.0 Å². The molecule has 320 valence electrons. The first-order valence-electron chi connectivity index (χ1n) is 21.1. The summed E-state index contributed by atoms with van der Waals surface area (Å²) >= 11 is 1.49. The number of morpholine rings is 1. The molecular weight excluding hydrogens is 809 g/mol. The molecule has 0 unspecified atom stereocenters. The van der Waals surface area contributed by atoms with Gasteiger partial charge >= 0.3 is 0 Å². The number of ether oxygens (including phenoxy) is 1. The number of thiophene rings is 1. The second-order valence-corrected chi connectivity index (χ2v) is 17.8. The largest absolute Gasteiger partial charge is 0.374 e. The van der Waals surface area contributed by atoms with Crippen molar-refractivity contribution in [1.29, 1.82) is 0 Å². The maximum Gasteiger partial charge on any atom is 0.284 e. The van der Waals surface area contributed by atoms with E-state index in [0.717, 1.165) is 98.5 Å². The van der Waals surface area contributed by atoms with Crippen LogP contribution in [0.3, 0.4) is 0 Å². The molecule has 61 heavy (non-hydrogen) atoms. The zero-order valence-corrected chi connectivity index (χ0v) is 34.3. The topological polar surface area (TPSA) is 171 Å². The van der Waals surface area contributed by atoms with Crippen molar-refractivity contribution in [1.82, 2.24) is 39.5 Å². The van der Waals surface area contributed by atoms with Gasteiger partial charge in [-0.05, 0) is 72.9 Å². The van der Waals surface area contributed by atoms with Gasteiger partial charge in [-0.15, -0.1) is 11.3 Å². The van der Waals surface area contributed by atoms with Crippen molar-refractivity contribution in [3.8, 4) is 0 Å². The SMILES string of the molecule is O=C1CC[C@@H](c2csc3c(NC(=O)CN4CCN(CC5CCC(n6cc(NC(=O)c7cnn8ccc(N9C[C@@H]%10C[C@H]9CO%10)nc78)c(C(F)F)n6)CC5)CC4)cccc23)C(=O)N1. The van der Waals surface area contributed by atoms with Crippen LogP contribution in [0.25, 0.3) is 15.7 Å². The Hall–Kier alpha value is -5.37. The summed E-state index contributed by atoms with van der Waals surface area (Å²) in [6, 6.07) is 7.76. The number of fused-ring (bicyclic) bond motifs is 4. The number of rotatable bonds is 11. The van der Waals surface area contributed by atoms with Gasteiger partial charge in [0.15, 0.2) is 11.3 Å². The van der Waals surface area contributed by atoms with Crippen LogP contribution in [0.1, 0.15) is 84.9 Å². The summed E-state index contributed by atoms with van der Waals surface area (Å²) in [6.07, 6.45) is 7.17. The molecule has 1 aliphatic carbocycles. The molecule has 3 atom stereocenters. The number of piperazine rings is 1. The molecular formula is C42H47F2N11O5S. The number of aromatic nitrogens is 5. The molecule has 4 aromatic heterocycles. The lowest BCUT2D eigenvalue weighted by molar-refractivity contribution is -0.134. The van der Waals surface area contributed by atoms with Crippen molar-refractivity contribution in [2.75, 3.05) is 68.0 Å². The molecule has 19 heteroatoms. The van der Waals surface area contributed by atoms with E-state index in [1.165, 1.54) is 28.2 Å². The van der Waals surface area contributed by atoms with E-state index in [2.05, 4.69) is 40.8 Å². The van der Waals surface area contributed by atoms with Crippen molar-refractivity contribution in [3.05, 3.63) is 65.1 Å². The molecule has 4 amide bonds. The van der Waals surface area contributed by atoms with Gasteiger partial charge in [0.25, 0.3) is 12.3 Å². The lowest BCUT2D eigenvalue weighted by Crippen LogP contribution is -2.49. The zero-order valence-electron chi connectivity index (χ0n) is 33.5. The van der Waals surface area contributed by atoms with E-state index >= 15 is 0 Å². The maximum atomic E-state index is 14.3. The molecule has 0 spiro atoms. The summed E-state index contributed by atoms with van der Waals surface area (Å²) in [5.41, 5.74) is 1.68. The van der Waals surface area contributed by atoms with Crippen LogP contribution in [0, 0.1) is 5.92 Å². The second-order valence-electron chi connectivity index (χ2n) is 16.9. The fourth-order valence-electron chi connectivity index (χ4n) is 9.82. The number of carbonyl (C=O) groups is 4. The Bertz CT molecular complexity index is 2490. The standard InChI is InChI=1S/C42H47F2N11O5S/c43-39(44)37-33(47-42(59)30-17-45-54-11-10-34(48-40(30)54)53-19-27-16-26(53)22-60-27)20-55(50-37)25-6-4-24(5-7-25)18-51-12-14-52(15-13-51)21-36(57)46-32-3-1-2-28-31(23-61-38(28)32)29-8-9-35(56)49-41(29)58/h1-3,10-11,17,20,23-27,29,39H,4-9,12-16,18-19,21-22H2,(H,46,57)(H,47,59)(H,49,56,58)/t24?,25?,26-,27-,29-/m0/s1. The van der Waals surface area contributed by atoms with Crippen LogP contribution in [0.15, 0.2) is 48.2 Å². The summed E-state index contributed by atoms with van der Waals surface area (Å²) < 4.78 is 38.3. The predicted octanol–water partition coefficient (Wildman–Crippen LogP) is 4.82. The summed E-state index contributed by atoms with van der Waals surface area (Å²) in [4.78, 5) is 62.5. The molecule has 8 heterocycles. The molecule has 5 aromatic rings. The number of benzene rings is 1. The molecule has 2 bridgehead atoms. The average molecular weight is 856 g/mol. The Morgan fingerprint density at radius 1 is 0.984 bits per heavy atom. The van der Waals surface area contributed by atoms with Crippen molar-refractivity contribution >= 4 is 67.9 Å². The van der Waals surface area contributed by atoms with Gasteiger partial charge in [0.05, 0.1) is 59.5 Å². The Balaban J connectivity index is 0.699. The summed E-state index contributed by atoms with van der Waals surface area (Å²) in [5.74, 6) is -0.376. The number of nitrogens with one attached hydrogen (secondary N) is 3. The van der Waals surface area contributed by atoms with E-state index in [-0.39, 0.29) is 59.6 Å². The molecule has 10 rings (SSSR count). The van der Waals surface area contributed by atoms with Crippen LogP contribution in [0.2, 0.25) is 0 Å². The quantitative estimate of drug-likeness (QED) is 0.156. The molecule has 1 aromatic carbocycles. The molecule has 3 N–H and O–H groups in total. The Morgan fingerprint density at radius 2 is 1.80 bits per heavy atom. The number of imide groups is 1. The van der Waals surface area contributed by atoms with E-state index in [1.807, 2.05) is 29.6 Å².